The normalized spacial score (nSPS) is 25.0. The Morgan fingerprint density at radius 2 is 2.41 bits per heavy atom. The van der Waals surface area contributed by atoms with Crippen LogP contribution in [-0.2, 0) is 11.3 Å². The van der Waals surface area contributed by atoms with Crippen LogP contribution in [0.3, 0.4) is 0 Å². The van der Waals surface area contributed by atoms with Crippen molar-refractivity contribution in [3.8, 4) is 0 Å². The van der Waals surface area contributed by atoms with Gasteiger partial charge in [0.1, 0.15) is 0 Å². The van der Waals surface area contributed by atoms with Gasteiger partial charge in [0, 0.05) is 32.9 Å². The molecule has 1 atom stereocenters. The zero-order chi connectivity index (χ0) is 12.3. The third-order valence-corrected chi connectivity index (χ3v) is 3.60. The summed E-state index contributed by atoms with van der Waals surface area (Å²) in [7, 11) is 1.79. The number of anilines is 1. The minimum atomic E-state index is -0.0556. The highest BCUT2D eigenvalue weighted by atomic mass is 16.5. The Balaban J connectivity index is 2.22. The van der Waals surface area contributed by atoms with Gasteiger partial charge in [-0.1, -0.05) is 0 Å². The molecule has 1 unspecified atom stereocenters. The zero-order valence-electron chi connectivity index (χ0n) is 10.6. The molecule has 0 radical (unpaired) electrons. The Labute approximate surface area is 103 Å². The first kappa shape index (κ1) is 12.3. The van der Waals surface area contributed by atoms with E-state index in [1.54, 1.807) is 13.3 Å². The van der Waals surface area contributed by atoms with E-state index in [9.17, 15) is 0 Å². The second kappa shape index (κ2) is 5.02. The summed E-state index contributed by atoms with van der Waals surface area (Å²) in [6.45, 7) is 4.68. The van der Waals surface area contributed by atoms with E-state index in [0.29, 0.717) is 6.54 Å². The molecule has 0 amide bonds. The summed E-state index contributed by atoms with van der Waals surface area (Å²) in [6.07, 6.45) is 5.95. The summed E-state index contributed by atoms with van der Waals surface area (Å²) in [5.74, 6) is 0. The highest BCUT2D eigenvalue weighted by Crippen LogP contribution is 2.29. The molecule has 0 bridgehead atoms. The quantitative estimate of drug-likeness (QED) is 0.863. The van der Waals surface area contributed by atoms with Crippen LogP contribution in [0.2, 0.25) is 0 Å². The molecule has 1 fully saturated rings. The van der Waals surface area contributed by atoms with E-state index in [4.69, 9.17) is 10.5 Å². The zero-order valence-corrected chi connectivity index (χ0v) is 10.6. The lowest BCUT2D eigenvalue weighted by atomic mass is 9.94. The molecule has 94 valence electrons. The number of pyridine rings is 1. The number of nitrogens with zero attached hydrogens (tertiary/aromatic N) is 2. The van der Waals surface area contributed by atoms with Crippen molar-refractivity contribution in [2.24, 2.45) is 5.73 Å². The predicted molar refractivity (Wildman–Crippen MR) is 69.0 cm³/mol. The van der Waals surface area contributed by atoms with Crippen molar-refractivity contribution in [2.45, 2.75) is 31.9 Å². The summed E-state index contributed by atoms with van der Waals surface area (Å²) >= 11 is 0. The van der Waals surface area contributed by atoms with Crippen LogP contribution in [0.15, 0.2) is 18.5 Å². The standard InChI is InChI=1S/C13H21N3O/c1-13(17-2)5-3-7-16(10-13)12-9-15-6-4-11(12)8-14/h4,6,9H,3,5,7-8,10,14H2,1-2H3. The lowest BCUT2D eigenvalue weighted by molar-refractivity contribution is -0.00469. The molecule has 0 aromatic carbocycles. The molecule has 17 heavy (non-hydrogen) atoms. The van der Waals surface area contributed by atoms with Crippen molar-refractivity contribution in [1.29, 1.82) is 0 Å². The van der Waals surface area contributed by atoms with E-state index in [1.807, 2.05) is 12.3 Å². The summed E-state index contributed by atoms with van der Waals surface area (Å²) in [6, 6.07) is 1.99. The topological polar surface area (TPSA) is 51.4 Å². The molecule has 1 aliphatic heterocycles. The van der Waals surface area contributed by atoms with Gasteiger partial charge in [0.05, 0.1) is 17.5 Å². The minimum Gasteiger partial charge on any atom is -0.377 e. The number of ether oxygens (including phenoxy) is 1. The van der Waals surface area contributed by atoms with E-state index in [0.717, 1.165) is 37.2 Å². The lowest BCUT2D eigenvalue weighted by Crippen LogP contribution is -2.47. The van der Waals surface area contributed by atoms with Crippen molar-refractivity contribution in [1.82, 2.24) is 4.98 Å². The van der Waals surface area contributed by atoms with E-state index < -0.39 is 0 Å². The van der Waals surface area contributed by atoms with E-state index in [2.05, 4.69) is 16.8 Å². The lowest BCUT2D eigenvalue weighted by Gasteiger charge is -2.41. The average molecular weight is 235 g/mol. The number of rotatable bonds is 3. The molecule has 2 N–H and O–H groups in total. The Morgan fingerprint density at radius 1 is 1.59 bits per heavy atom. The van der Waals surface area contributed by atoms with Crippen LogP contribution in [0.25, 0.3) is 0 Å². The van der Waals surface area contributed by atoms with Crippen LogP contribution in [0, 0.1) is 0 Å². The van der Waals surface area contributed by atoms with E-state index in [1.165, 1.54) is 0 Å². The summed E-state index contributed by atoms with van der Waals surface area (Å²) in [5.41, 5.74) is 8.02. The first-order valence-electron chi connectivity index (χ1n) is 6.11. The molecule has 4 nitrogen and oxygen atoms in total. The third-order valence-electron chi connectivity index (χ3n) is 3.60. The first-order chi connectivity index (χ1) is 8.18. The van der Waals surface area contributed by atoms with E-state index in [-0.39, 0.29) is 5.60 Å². The summed E-state index contributed by atoms with van der Waals surface area (Å²) < 4.78 is 5.61. The van der Waals surface area contributed by atoms with Crippen molar-refractivity contribution >= 4 is 5.69 Å². The van der Waals surface area contributed by atoms with Crippen LogP contribution in [-0.4, -0.2) is 30.8 Å². The van der Waals surface area contributed by atoms with Gasteiger partial charge in [-0.05, 0) is 31.4 Å². The number of hydrogen-bond acceptors (Lipinski definition) is 4. The van der Waals surface area contributed by atoms with Gasteiger partial charge in [0.25, 0.3) is 0 Å². The van der Waals surface area contributed by atoms with Gasteiger partial charge in [-0.15, -0.1) is 0 Å². The van der Waals surface area contributed by atoms with Crippen LogP contribution in [0.5, 0.6) is 0 Å². The first-order valence-corrected chi connectivity index (χ1v) is 6.11. The third kappa shape index (κ3) is 2.58. The minimum absolute atomic E-state index is 0.0556. The van der Waals surface area contributed by atoms with Gasteiger partial charge >= 0.3 is 0 Å². The van der Waals surface area contributed by atoms with Gasteiger partial charge < -0.3 is 15.4 Å². The fourth-order valence-electron chi connectivity index (χ4n) is 2.45. The second-order valence-electron chi connectivity index (χ2n) is 4.89. The maximum absolute atomic E-state index is 5.77. The SMILES string of the molecule is COC1(C)CCCN(c2cnccc2CN)C1. The largest absolute Gasteiger partial charge is 0.377 e. The summed E-state index contributed by atoms with van der Waals surface area (Å²) in [5, 5.41) is 0. The van der Waals surface area contributed by atoms with Gasteiger partial charge in [-0.25, -0.2) is 0 Å². The Morgan fingerprint density at radius 3 is 3.12 bits per heavy atom. The van der Waals surface area contributed by atoms with Crippen molar-refractivity contribution < 1.29 is 4.74 Å². The molecule has 0 saturated carbocycles. The molecule has 1 aromatic rings. The fraction of sp³-hybridized carbons (Fsp3) is 0.615. The Hall–Kier alpha value is -1.13. The molecule has 0 spiro atoms. The van der Waals surface area contributed by atoms with Gasteiger partial charge in [0.2, 0.25) is 0 Å². The van der Waals surface area contributed by atoms with Gasteiger partial charge in [-0.3, -0.25) is 4.98 Å². The fourth-order valence-corrected chi connectivity index (χ4v) is 2.45. The van der Waals surface area contributed by atoms with Crippen molar-refractivity contribution in [3.05, 3.63) is 24.0 Å². The van der Waals surface area contributed by atoms with Crippen molar-refractivity contribution in [3.63, 3.8) is 0 Å². The number of aromatic nitrogens is 1. The maximum atomic E-state index is 5.77. The maximum Gasteiger partial charge on any atom is 0.0825 e. The monoisotopic (exact) mass is 235 g/mol. The van der Waals surface area contributed by atoms with Gasteiger partial charge in [-0.2, -0.15) is 0 Å². The van der Waals surface area contributed by atoms with Crippen LogP contribution >= 0.6 is 0 Å². The molecule has 0 aliphatic carbocycles. The van der Waals surface area contributed by atoms with Crippen LogP contribution in [0.1, 0.15) is 25.3 Å². The molecule has 1 aliphatic rings. The predicted octanol–water partition coefficient (Wildman–Crippen LogP) is 1.55. The molecule has 4 heteroatoms. The molecule has 1 saturated heterocycles. The van der Waals surface area contributed by atoms with Crippen molar-refractivity contribution in [2.75, 3.05) is 25.1 Å². The number of methoxy groups -OCH3 is 1. The second-order valence-corrected chi connectivity index (χ2v) is 4.89. The summed E-state index contributed by atoms with van der Waals surface area (Å²) in [4.78, 5) is 6.54. The Bertz CT molecular complexity index is 383. The van der Waals surface area contributed by atoms with Gasteiger partial charge in [0.15, 0.2) is 0 Å². The van der Waals surface area contributed by atoms with Crippen LogP contribution in [0.4, 0.5) is 5.69 Å². The highest BCUT2D eigenvalue weighted by Gasteiger charge is 2.31. The molecular weight excluding hydrogens is 214 g/mol. The number of nitrogens with two attached hydrogens (primary N) is 1. The molecule has 2 heterocycles. The number of piperidine rings is 1. The highest BCUT2D eigenvalue weighted by molar-refractivity contribution is 5.52. The molecule has 1 aromatic heterocycles. The molecule has 2 rings (SSSR count). The van der Waals surface area contributed by atoms with E-state index >= 15 is 0 Å². The molecular formula is C13H21N3O. The Kier molecular flexibility index (Phi) is 3.64. The average Bonchev–Trinajstić information content (AvgIpc) is 2.39. The smallest absolute Gasteiger partial charge is 0.0825 e. The number of hydrogen-bond donors (Lipinski definition) is 1. The van der Waals surface area contributed by atoms with Crippen LogP contribution < -0.4 is 10.6 Å².